The normalized spacial score (nSPS) is 16.8. The molecule has 0 aromatic heterocycles. The molecular formula is C15H19N5O5S. The molecule has 11 heteroatoms. The van der Waals surface area contributed by atoms with Crippen molar-refractivity contribution in [1.82, 2.24) is 21.6 Å². The second kappa shape index (κ2) is 9.63. The van der Waals surface area contributed by atoms with E-state index in [-0.39, 0.29) is 5.75 Å². The number of nitrogens with zero attached hydrogens (tertiary/aromatic N) is 1. The molecule has 0 aliphatic carbocycles. The number of carbonyl (C=O) groups is 3. The summed E-state index contributed by atoms with van der Waals surface area (Å²) >= 11 is 1.02. The van der Waals surface area contributed by atoms with Gasteiger partial charge in [0.05, 0.1) is 25.7 Å². The van der Waals surface area contributed by atoms with Crippen molar-refractivity contribution in [1.29, 1.82) is 0 Å². The lowest BCUT2D eigenvalue weighted by Crippen LogP contribution is -2.61. The number of carbonyl (C=O) groups excluding carboxylic acids is 3. The van der Waals surface area contributed by atoms with Crippen LogP contribution in [-0.2, 0) is 9.59 Å². The van der Waals surface area contributed by atoms with Gasteiger partial charge in [0.25, 0.3) is 5.91 Å². The number of ether oxygens (including phenoxy) is 2. The lowest BCUT2D eigenvalue weighted by atomic mass is 10.2. The van der Waals surface area contributed by atoms with Gasteiger partial charge in [-0.1, -0.05) is 0 Å². The molecule has 10 nitrogen and oxygen atoms in total. The Bertz CT molecular complexity index is 712. The van der Waals surface area contributed by atoms with Crippen LogP contribution in [0.5, 0.6) is 11.5 Å². The first kappa shape index (κ1) is 19.5. The molecule has 2 rings (SSSR count). The minimum absolute atomic E-state index is 0.0229. The summed E-state index contributed by atoms with van der Waals surface area (Å²) < 4.78 is 10.7. The van der Waals surface area contributed by atoms with Crippen molar-refractivity contribution < 1.29 is 23.9 Å². The smallest absolute Gasteiger partial charge is 0.335 e. The second-order valence-corrected chi connectivity index (χ2v) is 6.01. The number of hydrazone groups is 1. The first-order valence-electron chi connectivity index (χ1n) is 7.64. The van der Waals surface area contributed by atoms with Gasteiger partial charge in [-0.25, -0.2) is 15.6 Å². The largest absolute Gasteiger partial charge is 0.493 e. The molecule has 0 spiro atoms. The van der Waals surface area contributed by atoms with E-state index in [0.29, 0.717) is 23.7 Å². The molecule has 1 saturated heterocycles. The van der Waals surface area contributed by atoms with Gasteiger partial charge in [0.2, 0.25) is 5.91 Å². The molecule has 140 valence electrons. The van der Waals surface area contributed by atoms with Gasteiger partial charge >= 0.3 is 6.03 Å². The number of thioether (sulfide) groups is 1. The first-order valence-corrected chi connectivity index (χ1v) is 8.69. The Hall–Kier alpha value is -2.79. The molecule has 1 heterocycles. The van der Waals surface area contributed by atoms with E-state index in [1.807, 2.05) is 6.92 Å². The lowest BCUT2D eigenvalue weighted by molar-refractivity contribution is -0.121. The SMILES string of the molecule is CCOc1ccc(/C=N/NC(=O)CSC2NNC(=O)NC2=O)cc1OC. The van der Waals surface area contributed by atoms with Crippen LogP contribution in [0.1, 0.15) is 12.5 Å². The molecule has 0 radical (unpaired) electrons. The average molecular weight is 381 g/mol. The minimum Gasteiger partial charge on any atom is -0.493 e. The molecule has 1 aliphatic heterocycles. The van der Waals surface area contributed by atoms with Gasteiger partial charge in [-0.3, -0.25) is 20.3 Å². The number of nitrogens with one attached hydrogen (secondary N) is 4. The summed E-state index contributed by atoms with van der Waals surface area (Å²) in [5.74, 6) is 0.254. The Balaban J connectivity index is 1.81. The van der Waals surface area contributed by atoms with Gasteiger partial charge in [-0.05, 0) is 30.7 Å². The summed E-state index contributed by atoms with van der Waals surface area (Å²) in [6.07, 6.45) is 1.46. The van der Waals surface area contributed by atoms with Crippen molar-refractivity contribution in [3.8, 4) is 11.5 Å². The van der Waals surface area contributed by atoms with Crippen molar-refractivity contribution >= 4 is 35.8 Å². The Kier molecular flexibility index (Phi) is 7.24. The summed E-state index contributed by atoms with van der Waals surface area (Å²) in [6.45, 7) is 2.40. The number of benzene rings is 1. The third kappa shape index (κ3) is 5.63. The van der Waals surface area contributed by atoms with E-state index in [2.05, 4.69) is 26.7 Å². The zero-order valence-electron chi connectivity index (χ0n) is 14.2. The molecule has 1 aromatic carbocycles. The Labute approximate surface area is 154 Å². The summed E-state index contributed by atoms with van der Waals surface area (Å²) in [4.78, 5) is 34.2. The van der Waals surface area contributed by atoms with Crippen LogP contribution in [0.15, 0.2) is 23.3 Å². The van der Waals surface area contributed by atoms with Gasteiger partial charge in [0.1, 0.15) is 0 Å². The molecular weight excluding hydrogens is 362 g/mol. The fourth-order valence-corrected chi connectivity index (χ4v) is 2.67. The molecule has 4 N–H and O–H groups in total. The summed E-state index contributed by atoms with van der Waals surface area (Å²) in [7, 11) is 1.54. The van der Waals surface area contributed by atoms with Crippen molar-refractivity contribution in [2.24, 2.45) is 5.10 Å². The van der Waals surface area contributed by atoms with Crippen LogP contribution in [0.25, 0.3) is 0 Å². The van der Waals surface area contributed by atoms with Gasteiger partial charge in [-0.2, -0.15) is 5.10 Å². The van der Waals surface area contributed by atoms with Crippen molar-refractivity contribution in [3.63, 3.8) is 0 Å². The zero-order chi connectivity index (χ0) is 18.9. The van der Waals surface area contributed by atoms with E-state index in [9.17, 15) is 14.4 Å². The van der Waals surface area contributed by atoms with E-state index in [1.54, 1.807) is 18.2 Å². The number of amides is 4. The topological polar surface area (TPSA) is 130 Å². The number of rotatable bonds is 8. The predicted molar refractivity (Wildman–Crippen MR) is 96.0 cm³/mol. The summed E-state index contributed by atoms with van der Waals surface area (Å²) in [5, 5.41) is 5.20. The molecule has 4 amide bonds. The monoisotopic (exact) mass is 381 g/mol. The molecule has 0 saturated carbocycles. The highest BCUT2D eigenvalue weighted by molar-refractivity contribution is 8.01. The van der Waals surface area contributed by atoms with Gasteiger partial charge in [0.15, 0.2) is 16.9 Å². The van der Waals surface area contributed by atoms with Gasteiger partial charge in [0, 0.05) is 0 Å². The summed E-state index contributed by atoms with van der Waals surface area (Å²) in [5.41, 5.74) is 7.82. The van der Waals surface area contributed by atoms with Crippen LogP contribution in [0, 0.1) is 0 Å². The molecule has 1 aromatic rings. The fraction of sp³-hybridized carbons (Fsp3) is 0.333. The summed E-state index contributed by atoms with van der Waals surface area (Å²) in [6, 6.07) is 4.63. The molecule has 0 bridgehead atoms. The average Bonchev–Trinajstić information content (AvgIpc) is 2.62. The third-order valence-corrected chi connectivity index (χ3v) is 4.16. The van der Waals surface area contributed by atoms with Crippen LogP contribution in [-0.4, -0.2) is 48.9 Å². The first-order chi connectivity index (χ1) is 12.5. The lowest BCUT2D eigenvalue weighted by Gasteiger charge is -2.22. The highest BCUT2D eigenvalue weighted by Gasteiger charge is 2.26. The van der Waals surface area contributed by atoms with Crippen LogP contribution in [0.4, 0.5) is 4.79 Å². The van der Waals surface area contributed by atoms with E-state index >= 15 is 0 Å². The van der Waals surface area contributed by atoms with Crippen molar-refractivity contribution in [3.05, 3.63) is 23.8 Å². The third-order valence-electron chi connectivity index (χ3n) is 3.06. The number of imide groups is 1. The molecule has 1 aliphatic rings. The van der Waals surface area contributed by atoms with Crippen LogP contribution in [0.3, 0.4) is 0 Å². The Morgan fingerprint density at radius 2 is 2.19 bits per heavy atom. The van der Waals surface area contributed by atoms with Crippen LogP contribution >= 0.6 is 11.8 Å². The fourth-order valence-electron chi connectivity index (χ4n) is 1.93. The highest BCUT2D eigenvalue weighted by Crippen LogP contribution is 2.27. The maximum absolute atomic E-state index is 11.8. The number of hydrogen-bond donors (Lipinski definition) is 4. The number of hydrogen-bond acceptors (Lipinski definition) is 8. The van der Waals surface area contributed by atoms with Gasteiger partial charge in [-0.15, -0.1) is 11.8 Å². The van der Waals surface area contributed by atoms with Crippen molar-refractivity contribution in [2.45, 2.75) is 12.3 Å². The number of hydrazine groups is 1. The minimum atomic E-state index is -0.752. The molecule has 26 heavy (non-hydrogen) atoms. The zero-order valence-corrected chi connectivity index (χ0v) is 15.0. The second-order valence-electron chi connectivity index (χ2n) is 4.92. The van der Waals surface area contributed by atoms with E-state index in [0.717, 1.165) is 11.8 Å². The van der Waals surface area contributed by atoms with Crippen molar-refractivity contribution in [2.75, 3.05) is 19.5 Å². The highest BCUT2D eigenvalue weighted by atomic mass is 32.2. The van der Waals surface area contributed by atoms with E-state index in [4.69, 9.17) is 9.47 Å². The maximum atomic E-state index is 11.8. The molecule has 1 atom stereocenters. The van der Waals surface area contributed by atoms with Crippen LogP contribution < -0.4 is 31.1 Å². The molecule has 1 fully saturated rings. The van der Waals surface area contributed by atoms with E-state index < -0.39 is 23.2 Å². The standard InChI is InChI=1S/C15H19N5O5S/c1-3-25-10-5-4-9(6-11(10)24-2)7-16-18-12(21)8-26-14-13(22)17-15(23)20-19-14/h4-7,14,19H,3,8H2,1-2H3,(H,18,21)(H2,17,20,22,23)/b16-7+. The maximum Gasteiger partial charge on any atom is 0.335 e. The molecule has 1 unspecified atom stereocenters. The van der Waals surface area contributed by atoms with E-state index in [1.165, 1.54) is 13.3 Å². The predicted octanol–water partition coefficient (Wildman–Crippen LogP) is -0.0527. The number of urea groups is 1. The quantitative estimate of drug-likeness (QED) is 0.367. The number of methoxy groups -OCH3 is 1. The van der Waals surface area contributed by atoms with Crippen LogP contribution in [0.2, 0.25) is 0 Å². The van der Waals surface area contributed by atoms with Gasteiger partial charge < -0.3 is 9.47 Å². The Morgan fingerprint density at radius 3 is 2.88 bits per heavy atom. The Morgan fingerprint density at radius 1 is 1.38 bits per heavy atom.